The Balaban J connectivity index is 1.85. The standard InChI is InChI=1S/C17H15ClN2O4S/c1-11-19-17(10-24-11)12-3-6-14(7-4-12)25(21,22)20-16-8-5-13(23-2)9-15(16)18/h3-10,20H,1-2H3. The molecule has 0 spiro atoms. The quantitative estimate of drug-likeness (QED) is 0.722. The normalized spacial score (nSPS) is 11.3. The van der Waals surface area contributed by atoms with E-state index >= 15 is 0 Å². The maximum Gasteiger partial charge on any atom is 0.261 e. The molecule has 6 nitrogen and oxygen atoms in total. The van der Waals surface area contributed by atoms with E-state index in [0.29, 0.717) is 17.3 Å². The van der Waals surface area contributed by atoms with Gasteiger partial charge in [0.2, 0.25) is 0 Å². The summed E-state index contributed by atoms with van der Waals surface area (Å²) in [4.78, 5) is 4.32. The minimum atomic E-state index is -3.77. The molecule has 3 aromatic rings. The van der Waals surface area contributed by atoms with Crippen molar-refractivity contribution >= 4 is 27.3 Å². The van der Waals surface area contributed by atoms with Crippen molar-refractivity contribution in [2.75, 3.05) is 11.8 Å². The molecule has 0 bridgehead atoms. The molecule has 0 atom stereocenters. The van der Waals surface area contributed by atoms with Crippen LogP contribution in [0.15, 0.2) is 58.0 Å². The predicted octanol–water partition coefficient (Wildman–Crippen LogP) is 4.11. The molecule has 0 saturated carbocycles. The van der Waals surface area contributed by atoms with Crippen molar-refractivity contribution in [2.24, 2.45) is 0 Å². The average Bonchev–Trinajstić information content (AvgIpc) is 3.03. The zero-order valence-electron chi connectivity index (χ0n) is 13.5. The van der Waals surface area contributed by atoms with E-state index in [4.69, 9.17) is 20.8 Å². The Hall–Kier alpha value is -2.51. The maximum absolute atomic E-state index is 12.5. The first-order chi connectivity index (χ1) is 11.9. The highest BCUT2D eigenvalue weighted by atomic mass is 35.5. The third-order valence-corrected chi connectivity index (χ3v) is 5.19. The zero-order chi connectivity index (χ0) is 18.0. The van der Waals surface area contributed by atoms with Gasteiger partial charge in [-0.3, -0.25) is 4.72 Å². The van der Waals surface area contributed by atoms with Crippen LogP contribution in [0.5, 0.6) is 5.75 Å². The van der Waals surface area contributed by atoms with Crippen LogP contribution >= 0.6 is 11.6 Å². The summed E-state index contributed by atoms with van der Waals surface area (Å²) in [5.74, 6) is 1.09. The third kappa shape index (κ3) is 3.78. The van der Waals surface area contributed by atoms with Gasteiger partial charge in [-0.15, -0.1) is 0 Å². The first-order valence-corrected chi connectivity index (χ1v) is 9.14. The molecule has 3 rings (SSSR count). The fourth-order valence-corrected chi connectivity index (χ4v) is 3.56. The number of rotatable bonds is 5. The number of nitrogens with zero attached hydrogens (tertiary/aromatic N) is 1. The highest BCUT2D eigenvalue weighted by Gasteiger charge is 2.16. The molecular formula is C17H15ClN2O4S. The number of hydrogen-bond donors (Lipinski definition) is 1. The summed E-state index contributed by atoms with van der Waals surface area (Å²) in [5, 5.41) is 0.248. The molecule has 25 heavy (non-hydrogen) atoms. The van der Waals surface area contributed by atoms with Crippen molar-refractivity contribution in [1.82, 2.24) is 4.98 Å². The van der Waals surface area contributed by atoms with Crippen molar-refractivity contribution in [1.29, 1.82) is 0 Å². The Morgan fingerprint density at radius 2 is 1.88 bits per heavy atom. The van der Waals surface area contributed by atoms with Gasteiger partial charge < -0.3 is 9.15 Å². The molecule has 0 fully saturated rings. The minimum Gasteiger partial charge on any atom is -0.497 e. The lowest BCUT2D eigenvalue weighted by atomic mass is 10.2. The number of ether oxygens (including phenoxy) is 1. The van der Waals surface area contributed by atoms with Gasteiger partial charge in [0.25, 0.3) is 10.0 Å². The Morgan fingerprint density at radius 3 is 2.44 bits per heavy atom. The molecule has 0 aliphatic heterocycles. The van der Waals surface area contributed by atoms with Crippen molar-refractivity contribution in [3.63, 3.8) is 0 Å². The van der Waals surface area contributed by atoms with Gasteiger partial charge in [0.15, 0.2) is 5.89 Å². The second-order valence-corrected chi connectivity index (χ2v) is 7.32. The lowest BCUT2D eigenvalue weighted by Crippen LogP contribution is -2.13. The van der Waals surface area contributed by atoms with Crippen LogP contribution in [0.25, 0.3) is 11.3 Å². The van der Waals surface area contributed by atoms with Crippen LogP contribution < -0.4 is 9.46 Å². The summed E-state index contributed by atoms with van der Waals surface area (Å²) < 4.78 is 37.7. The topological polar surface area (TPSA) is 81.4 Å². The number of methoxy groups -OCH3 is 1. The van der Waals surface area contributed by atoms with Gasteiger partial charge in [-0.1, -0.05) is 23.7 Å². The largest absolute Gasteiger partial charge is 0.497 e. The van der Waals surface area contributed by atoms with E-state index in [1.807, 2.05) is 0 Å². The average molecular weight is 379 g/mol. The fourth-order valence-electron chi connectivity index (χ4n) is 2.21. The van der Waals surface area contributed by atoms with Gasteiger partial charge in [0.05, 0.1) is 22.7 Å². The van der Waals surface area contributed by atoms with E-state index in [9.17, 15) is 8.42 Å². The molecule has 0 aliphatic rings. The van der Waals surface area contributed by atoms with Crippen LogP contribution in [-0.2, 0) is 10.0 Å². The molecule has 0 radical (unpaired) electrons. The Bertz CT molecular complexity index is 998. The highest BCUT2D eigenvalue weighted by Crippen LogP contribution is 2.29. The number of halogens is 1. The third-order valence-electron chi connectivity index (χ3n) is 3.50. The molecule has 0 amide bonds. The van der Waals surface area contributed by atoms with Crippen molar-refractivity contribution in [3.05, 3.63) is 59.6 Å². The lowest BCUT2D eigenvalue weighted by Gasteiger charge is -2.11. The summed E-state index contributed by atoms with van der Waals surface area (Å²) in [6.45, 7) is 1.74. The zero-order valence-corrected chi connectivity index (χ0v) is 15.1. The second-order valence-electron chi connectivity index (χ2n) is 5.23. The number of hydrogen-bond acceptors (Lipinski definition) is 5. The van der Waals surface area contributed by atoms with Crippen molar-refractivity contribution < 1.29 is 17.6 Å². The molecule has 0 unspecified atom stereocenters. The summed E-state index contributed by atoms with van der Waals surface area (Å²) in [6.07, 6.45) is 1.52. The summed E-state index contributed by atoms with van der Waals surface area (Å²) >= 11 is 6.08. The molecule has 130 valence electrons. The van der Waals surface area contributed by atoms with Crippen molar-refractivity contribution in [2.45, 2.75) is 11.8 Å². The second kappa shape index (κ2) is 6.78. The number of sulfonamides is 1. The highest BCUT2D eigenvalue weighted by molar-refractivity contribution is 7.92. The van der Waals surface area contributed by atoms with Crippen LogP contribution in [0.2, 0.25) is 5.02 Å². The van der Waals surface area contributed by atoms with Crippen LogP contribution in [0.4, 0.5) is 5.69 Å². The van der Waals surface area contributed by atoms with Gasteiger partial charge in [-0.25, -0.2) is 13.4 Å². The SMILES string of the molecule is COc1ccc(NS(=O)(=O)c2ccc(-c3coc(C)n3)cc2)c(Cl)c1. The van der Waals surface area contributed by atoms with E-state index in [-0.39, 0.29) is 15.6 Å². The van der Waals surface area contributed by atoms with Crippen LogP contribution in [0.1, 0.15) is 5.89 Å². The Kier molecular flexibility index (Phi) is 4.69. The van der Waals surface area contributed by atoms with Crippen LogP contribution in [-0.4, -0.2) is 20.5 Å². The van der Waals surface area contributed by atoms with Gasteiger partial charge in [-0.2, -0.15) is 0 Å². The molecule has 1 aromatic heterocycles. The molecule has 1 N–H and O–H groups in total. The van der Waals surface area contributed by atoms with Crippen molar-refractivity contribution in [3.8, 4) is 17.0 Å². The number of aromatic nitrogens is 1. The molecule has 1 heterocycles. The van der Waals surface area contributed by atoms with Gasteiger partial charge in [-0.05, 0) is 24.3 Å². The van der Waals surface area contributed by atoms with Crippen LogP contribution in [0, 0.1) is 6.92 Å². The van der Waals surface area contributed by atoms with Gasteiger partial charge in [0, 0.05) is 18.6 Å². The molecule has 0 saturated heterocycles. The Morgan fingerprint density at radius 1 is 1.16 bits per heavy atom. The van der Waals surface area contributed by atoms with E-state index in [0.717, 1.165) is 5.56 Å². The van der Waals surface area contributed by atoms with E-state index in [2.05, 4.69) is 9.71 Å². The number of anilines is 1. The van der Waals surface area contributed by atoms with E-state index < -0.39 is 10.0 Å². The minimum absolute atomic E-state index is 0.114. The lowest BCUT2D eigenvalue weighted by molar-refractivity contribution is 0.415. The summed E-state index contributed by atoms with van der Waals surface area (Å²) in [7, 11) is -2.26. The number of benzene rings is 2. The molecule has 0 aliphatic carbocycles. The van der Waals surface area contributed by atoms with Gasteiger partial charge >= 0.3 is 0 Å². The summed E-state index contributed by atoms with van der Waals surface area (Å²) in [5.41, 5.74) is 1.68. The Labute approximate surface area is 150 Å². The number of nitrogens with one attached hydrogen (secondary N) is 1. The fraction of sp³-hybridized carbons (Fsp3) is 0.118. The molecule has 8 heteroatoms. The monoisotopic (exact) mass is 378 g/mol. The van der Waals surface area contributed by atoms with E-state index in [1.165, 1.54) is 31.6 Å². The van der Waals surface area contributed by atoms with Gasteiger partial charge in [0.1, 0.15) is 17.7 Å². The van der Waals surface area contributed by atoms with Crippen LogP contribution in [0.3, 0.4) is 0 Å². The first kappa shape index (κ1) is 17.3. The predicted molar refractivity (Wildman–Crippen MR) is 95.5 cm³/mol. The first-order valence-electron chi connectivity index (χ1n) is 7.28. The maximum atomic E-state index is 12.5. The number of aryl methyl sites for hydroxylation is 1. The summed E-state index contributed by atoms with van der Waals surface area (Å²) in [6, 6.07) is 11.0. The van der Waals surface area contributed by atoms with E-state index in [1.54, 1.807) is 31.2 Å². The molecule has 2 aromatic carbocycles. The molecular weight excluding hydrogens is 364 g/mol. The number of oxazole rings is 1. The smallest absolute Gasteiger partial charge is 0.261 e.